The lowest BCUT2D eigenvalue weighted by Gasteiger charge is -2.13. The molecule has 1 atom stereocenters. The second kappa shape index (κ2) is 5.34. The van der Waals surface area contributed by atoms with Crippen LogP contribution in [0.5, 0.6) is 0 Å². The summed E-state index contributed by atoms with van der Waals surface area (Å²) in [7, 11) is 0. The highest BCUT2D eigenvalue weighted by molar-refractivity contribution is 5.85. The van der Waals surface area contributed by atoms with Crippen LogP contribution in [0.25, 0.3) is 10.9 Å². The zero-order valence-electron chi connectivity index (χ0n) is 9.91. The van der Waals surface area contributed by atoms with Gasteiger partial charge in [-0.25, -0.2) is 4.79 Å². The number of hydrogen-bond donors (Lipinski definition) is 3. The normalized spacial score (nSPS) is 12.0. The molecule has 2 rings (SSSR count). The molecule has 0 saturated carbocycles. The van der Waals surface area contributed by atoms with Gasteiger partial charge in [-0.3, -0.25) is 9.78 Å². The summed E-state index contributed by atoms with van der Waals surface area (Å²) in [5.74, 6) is -2.38. The zero-order chi connectivity index (χ0) is 13.8. The van der Waals surface area contributed by atoms with Gasteiger partial charge in [0.15, 0.2) is 0 Å². The predicted molar refractivity (Wildman–Crippen MR) is 69.0 cm³/mol. The summed E-state index contributed by atoms with van der Waals surface area (Å²) in [6.07, 6.45) is 0.988. The van der Waals surface area contributed by atoms with Crippen molar-refractivity contribution in [2.24, 2.45) is 0 Å². The topological polar surface area (TPSA) is 99.5 Å². The van der Waals surface area contributed by atoms with Gasteiger partial charge in [0, 0.05) is 5.39 Å². The Morgan fingerprint density at radius 2 is 2.00 bits per heavy atom. The maximum atomic E-state index is 11.0. The van der Waals surface area contributed by atoms with Crippen LogP contribution in [0.1, 0.15) is 6.42 Å². The van der Waals surface area contributed by atoms with Gasteiger partial charge in [0.2, 0.25) is 0 Å². The van der Waals surface area contributed by atoms with Crippen molar-refractivity contribution in [3.8, 4) is 0 Å². The van der Waals surface area contributed by atoms with E-state index in [1.54, 1.807) is 6.07 Å². The third-order valence-electron chi connectivity index (χ3n) is 2.61. The van der Waals surface area contributed by atoms with E-state index in [-0.39, 0.29) is 0 Å². The number of carbonyl (C=O) groups is 2. The highest BCUT2D eigenvalue weighted by atomic mass is 16.4. The molecule has 1 aromatic heterocycles. The minimum Gasteiger partial charge on any atom is -0.481 e. The number of carboxylic acid groups (broad SMARTS) is 2. The van der Waals surface area contributed by atoms with E-state index >= 15 is 0 Å². The minimum absolute atomic E-state index is 0.479. The Hall–Kier alpha value is -2.63. The second-order valence-electron chi connectivity index (χ2n) is 4.05. The number of rotatable bonds is 5. The molecule has 0 aliphatic rings. The first-order chi connectivity index (χ1) is 9.06. The molecule has 2 aromatic rings. The quantitative estimate of drug-likeness (QED) is 0.754. The van der Waals surface area contributed by atoms with E-state index in [0.717, 1.165) is 10.9 Å². The Labute approximate surface area is 108 Å². The van der Waals surface area contributed by atoms with Gasteiger partial charge >= 0.3 is 11.9 Å². The molecular weight excluding hydrogens is 248 g/mol. The van der Waals surface area contributed by atoms with E-state index < -0.39 is 24.4 Å². The molecule has 0 aliphatic heterocycles. The number of pyridine rings is 1. The number of para-hydroxylation sites is 1. The summed E-state index contributed by atoms with van der Waals surface area (Å²) in [6, 6.07) is 7.94. The summed E-state index contributed by atoms with van der Waals surface area (Å²) in [5.41, 5.74) is 1.27. The zero-order valence-corrected chi connectivity index (χ0v) is 9.91. The third kappa shape index (κ3) is 3.19. The number of hydrogen-bond acceptors (Lipinski definition) is 4. The van der Waals surface area contributed by atoms with Gasteiger partial charge in [-0.1, -0.05) is 18.2 Å². The smallest absolute Gasteiger partial charge is 0.326 e. The number of nitrogens with one attached hydrogen (secondary N) is 1. The van der Waals surface area contributed by atoms with Crippen molar-refractivity contribution in [3.63, 3.8) is 0 Å². The van der Waals surface area contributed by atoms with Gasteiger partial charge in [0.1, 0.15) is 6.04 Å². The Morgan fingerprint density at radius 1 is 1.26 bits per heavy atom. The Kier molecular flexibility index (Phi) is 3.61. The minimum atomic E-state index is -1.21. The Balaban J connectivity index is 2.23. The molecule has 1 aromatic carbocycles. The summed E-state index contributed by atoms with van der Waals surface area (Å²) < 4.78 is 0. The predicted octanol–water partition coefficient (Wildman–Crippen LogP) is 1.57. The molecule has 19 heavy (non-hydrogen) atoms. The first kappa shape index (κ1) is 12.8. The fourth-order valence-electron chi connectivity index (χ4n) is 1.73. The number of anilines is 1. The lowest BCUT2D eigenvalue weighted by Crippen LogP contribution is -2.31. The molecular formula is C13H12N2O4. The van der Waals surface area contributed by atoms with Crippen LogP contribution in [-0.2, 0) is 9.59 Å². The van der Waals surface area contributed by atoms with Gasteiger partial charge in [-0.2, -0.15) is 0 Å². The van der Waals surface area contributed by atoms with Gasteiger partial charge in [-0.05, 0) is 12.1 Å². The van der Waals surface area contributed by atoms with Crippen molar-refractivity contribution in [2.75, 3.05) is 5.32 Å². The summed E-state index contributed by atoms with van der Waals surface area (Å²) in [4.78, 5) is 25.7. The molecule has 0 aliphatic carbocycles. The van der Waals surface area contributed by atoms with Gasteiger partial charge in [0.25, 0.3) is 0 Å². The molecule has 6 heteroatoms. The molecule has 0 amide bonds. The van der Waals surface area contributed by atoms with Crippen LogP contribution in [-0.4, -0.2) is 33.2 Å². The molecule has 0 saturated heterocycles. The molecule has 0 fully saturated rings. The maximum absolute atomic E-state index is 11.0. The van der Waals surface area contributed by atoms with Crippen LogP contribution in [0.3, 0.4) is 0 Å². The second-order valence-corrected chi connectivity index (χ2v) is 4.05. The SMILES string of the molecule is O=C(O)C[C@H](Nc1cnc2ccccc2c1)C(=O)O. The molecule has 1 heterocycles. The van der Waals surface area contributed by atoms with Crippen molar-refractivity contribution >= 4 is 28.5 Å². The van der Waals surface area contributed by atoms with Crippen molar-refractivity contribution < 1.29 is 19.8 Å². The van der Waals surface area contributed by atoms with E-state index in [2.05, 4.69) is 10.3 Å². The monoisotopic (exact) mass is 260 g/mol. The van der Waals surface area contributed by atoms with Crippen molar-refractivity contribution in [1.82, 2.24) is 4.98 Å². The molecule has 0 unspecified atom stereocenters. The number of nitrogens with zero attached hydrogens (tertiary/aromatic N) is 1. The number of aromatic nitrogens is 1. The van der Waals surface area contributed by atoms with E-state index in [9.17, 15) is 9.59 Å². The van der Waals surface area contributed by atoms with Gasteiger partial charge in [0.05, 0.1) is 23.8 Å². The van der Waals surface area contributed by atoms with E-state index in [1.807, 2.05) is 24.3 Å². The highest BCUT2D eigenvalue weighted by Gasteiger charge is 2.20. The average molecular weight is 260 g/mol. The fraction of sp³-hybridized carbons (Fsp3) is 0.154. The molecule has 3 N–H and O–H groups in total. The van der Waals surface area contributed by atoms with Crippen molar-refractivity contribution in [1.29, 1.82) is 0 Å². The molecule has 98 valence electrons. The number of fused-ring (bicyclic) bond motifs is 1. The van der Waals surface area contributed by atoms with E-state index in [4.69, 9.17) is 10.2 Å². The number of aliphatic carboxylic acids is 2. The Bertz CT molecular complexity index is 627. The van der Waals surface area contributed by atoms with Crippen LogP contribution >= 0.6 is 0 Å². The van der Waals surface area contributed by atoms with Gasteiger partial charge in [-0.15, -0.1) is 0 Å². The van der Waals surface area contributed by atoms with Crippen LogP contribution in [0.4, 0.5) is 5.69 Å². The lowest BCUT2D eigenvalue weighted by molar-refractivity contribution is -0.144. The summed E-state index contributed by atoms with van der Waals surface area (Å²) in [6.45, 7) is 0. The first-order valence-electron chi connectivity index (χ1n) is 5.62. The molecule has 0 radical (unpaired) electrons. The summed E-state index contributed by atoms with van der Waals surface area (Å²) >= 11 is 0. The standard InChI is InChI=1S/C13H12N2O4/c16-12(17)6-11(13(18)19)15-9-5-8-3-1-2-4-10(8)14-7-9/h1-5,7,11,15H,6H2,(H,16,17)(H,18,19)/t11-/m0/s1. The van der Waals surface area contributed by atoms with Crippen LogP contribution in [0.15, 0.2) is 36.5 Å². The average Bonchev–Trinajstić information content (AvgIpc) is 2.37. The fourth-order valence-corrected chi connectivity index (χ4v) is 1.73. The summed E-state index contributed by atoms with van der Waals surface area (Å²) in [5, 5.41) is 21.1. The first-order valence-corrected chi connectivity index (χ1v) is 5.62. The third-order valence-corrected chi connectivity index (χ3v) is 2.61. The highest BCUT2D eigenvalue weighted by Crippen LogP contribution is 2.17. The molecule has 0 spiro atoms. The van der Waals surface area contributed by atoms with Crippen molar-refractivity contribution in [3.05, 3.63) is 36.5 Å². The number of benzene rings is 1. The lowest BCUT2D eigenvalue weighted by atomic mass is 10.1. The van der Waals surface area contributed by atoms with Crippen LogP contribution in [0, 0.1) is 0 Å². The van der Waals surface area contributed by atoms with Crippen molar-refractivity contribution in [2.45, 2.75) is 12.5 Å². The largest absolute Gasteiger partial charge is 0.481 e. The Morgan fingerprint density at radius 3 is 2.68 bits per heavy atom. The van der Waals surface area contributed by atoms with Crippen LogP contribution in [0.2, 0.25) is 0 Å². The number of carboxylic acids is 2. The molecule has 6 nitrogen and oxygen atoms in total. The van der Waals surface area contributed by atoms with E-state index in [0.29, 0.717) is 5.69 Å². The van der Waals surface area contributed by atoms with Gasteiger partial charge < -0.3 is 15.5 Å². The molecule has 0 bridgehead atoms. The van der Waals surface area contributed by atoms with Crippen LogP contribution < -0.4 is 5.32 Å². The maximum Gasteiger partial charge on any atom is 0.326 e. The van der Waals surface area contributed by atoms with E-state index in [1.165, 1.54) is 6.20 Å².